The van der Waals surface area contributed by atoms with Crippen LogP contribution in [0, 0.1) is 6.92 Å². The number of amides is 1. The SMILES string of the molecule is Cc1c(Cl)cccc1C(=O)N(C)CC(C)(C)O. The average molecular weight is 256 g/mol. The Kier molecular flexibility index (Phi) is 4.17. The molecule has 1 N–H and O–H groups in total. The number of nitrogens with zero attached hydrogens (tertiary/aromatic N) is 1. The molecule has 0 fully saturated rings. The van der Waals surface area contributed by atoms with Crippen LogP contribution in [-0.4, -0.2) is 35.1 Å². The average Bonchev–Trinajstić information content (AvgIpc) is 2.18. The molecule has 3 nitrogen and oxygen atoms in total. The molecule has 1 aromatic rings. The van der Waals surface area contributed by atoms with E-state index in [1.165, 1.54) is 4.90 Å². The monoisotopic (exact) mass is 255 g/mol. The van der Waals surface area contributed by atoms with E-state index in [4.69, 9.17) is 11.6 Å². The summed E-state index contributed by atoms with van der Waals surface area (Å²) in [6.45, 7) is 5.43. The Balaban J connectivity index is 2.93. The summed E-state index contributed by atoms with van der Waals surface area (Å²) in [4.78, 5) is 13.7. The van der Waals surface area contributed by atoms with Gasteiger partial charge < -0.3 is 10.0 Å². The van der Waals surface area contributed by atoms with Gasteiger partial charge in [0.2, 0.25) is 0 Å². The van der Waals surface area contributed by atoms with E-state index in [9.17, 15) is 9.90 Å². The summed E-state index contributed by atoms with van der Waals surface area (Å²) in [6, 6.07) is 5.24. The van der Waals surface area contributed by atoms with E-state index in [-0.39, 0.29) is 12.5 Å². The van der Waals surface area contributed by atoms with E-state index < -0.39 is 5.60 Å². The molecule has 4 heteroatoms. The molecule has 0 aliphatic rings. The maximum Gasteiger partial charge on any atom is 0.254 e. The normalized spacial score (nSPS) is 11.4. The molecule has 94 valence electrons. The van der Waals surface area contributed by atoms with Crippen LogP contribution < -0.4 is 0 Å². The van der Waals surface area contributed by atoms with Crippen molar-refractivity contribution in [3.8, 4) is 0 Å². The molecule has 0 spiro atoms. The summed E-state index contributed by atoms with van der Waals surface area (Å²) in [5.41, 5.74) is 0.433. The summed E-state index contributed by atoms with van der Waals surface area (Å²) < 4.78 is 0. The number of hydrogen-bond donors (Lipinski definition) is 1. The van der Waals surface area contributed by atoms with Gasteiger partial charge in [-0.25, -0.2) is 0 Å². The standard InChI is InChI=1S/C13H18ClNO2/c1-9-10(6-5-7-11(9)14)12(16)15(4)8-13(2,3)17/h5-7,17H,8H2,1-4H3. The number of hydrogen-bond acceptors (Lipinski definition) is 2. The lowest BCUT2D eigenvalue weighted by Gasteiger charge is -2.26. The van der Waals surface area contributed by atoms with Crippen molar-refractivity contribution in [1.29, 1.82) is 0 Å². The van der Waals surface area contributed by atoms with Gasteiger partial charge >= 0.3 is 0 Å². The zero-order valence-corrected chi connectivity index (χ0v) is 11.4. The molecule has 0 unspecified atom stereocenters. The number of likely N-dealkylation sites (N-methyl/N-ethyl adjacent to an activating group) is 1. The molecule has 0 saturated carbocycles. The molecular weight excluding hydrogens is 238 g/mol. The van der Waals surface area contributed by atoms with Gasteiger partial charge in [0.15, 0.2) is 0 Å². The molecular formula is C13H18ClNO2. The number of carbonyl (C=O) groups is 1. The smallest absolute Gasteiger partial charge is 0.254 e. The number of carbonyl (C=O) groups excluding carboxylic acids is 1. The van der Waals surface area contributed by atoms with Crippen LogP contribution in [0.3, 0.4) is 0 Å². The molecule has 1 rings (SSSR count). The number of halogens is 1. The molecule has 17 heavy (non-hydrogen) atoms. The highest BCUT2D eigenvalue weighted by Gasteiger charge is 2.21. The third-order valence-corrected chi connectivity index (χ3v) is 2.88. The zero-order valence-electron chi connectivity index (χ0n) is 10.6. The molecule has 1 amide bonds. The number of benzene rings is 1. The Morgan fingerprint density at radius 1 is 1.47 bits per heavy atom. The Bertz CT molecular complexity index is 424. The number of aliphatic hydroxyl groups is 1. The van der Waals surface area contributed by atoms with Gasteiger partial charge in [0.25, 0.3) is 5.91 Å². The van der Waals surface area contributed by atoms with Gasteiger partial charge in [-0.1, -0.05) is 17.7 Å². The molecule has 0 radical (unpaired) electrons. The molecule has 0 atom stereocenters. The highest BCUT2D eigenvalue weighted by molar-refractivity contribution is 6.31. The maximum absolute atomic E-state index is 12.2. The van der Waals surface area contributed by atoms with Crippen molar-refractivity contribution >= 4 is 17.5 Å². The van der Waals surface area contributed by atoms with Crippen molar-refractivity contribution in [1.82, 2.24) is 4.90 Å². The van der Waals surface area contributed by atoms with Crippen LogP contribution in [0.15, 0.2) is 18.2 Å². The van der Waals surface area contributed by atoms with Gasteiger partial charge in [0, 0.05) is 24.2 Å². The summed E-state index contributed by atoms with van der Waals surface area (Å²) in [5, 5.41) is 10.3. The first-order chi connectivity index (χ1) is 7.72. The Morgan fingerprint density at radius 2 is 2.06 bits per heavy atom. The first kappa shape index (κ1) is 14.0. The molecule has 0 aliphatic heterocycles. The van der Waals surface area contributed by atoms with E-state index >= 15 is 0 Å². The van der Waals surface area contributed by atoms with Gasteiger partial charge in [0.1, 0.15) is 0 Å². The Morgan fingerprint density at radius 3 is 2.59 bits per heavy atom. The van der Waals surface area contributed by atoms with Crippen molar-refractivity contribution in [2.75, 3.05) is 13.6 Å². The maximum atomic E-state index is 12.2. The molecule has 0 saturated heterocycles. The molecule has 0 bridgehead atoms. The lowest BCUT2D eigenvalue weighted by Crippen LogP contribution is -2.39. The minimum Gasteiger partial charge on any atom is -0.389 e. The fourth-order valence-corrected chi connectivity index (χ4v) is 1.87. The Hall–Kier alpha value is -1.06. The number of rotatable bonds is 3. The molecule has 0 aliphatic carbocycles. The van der Waals surface area contributed by atoms with Gasteiger partial charge in [-0.05, 0) is 38.5 Å². The second kappa shape index (κ2) is 5.07. The third-order valence-electron chi connectivity index (χ3n) is 2.47. The van der Waals surface area contributed by atoms with Gasteiger partial charge in [-0.2, -0.15) is 0 Å². The highest BCUT2D eigenvalue weighted by atomic mass is 35.5. The highest BCUT2D eigenvalue weighted by Crippen LogP contribution is 2.20. The van der Waals surface area contributed by atoms with Gasteiger partial charge in [0.05, 0.1) is 5.60 Å². The van der Waals surface area contributed by atoms with Gasteiger partial charge in [-0.3, -0.25) is 4.79 Å². The third kappa shape index (κ3) is 3.72. The predicted octanol–water partition coefficient (Wildman–Crippen LogP) is 2.49. The van der Waals surface area contributed by atoms with E-state index in [0.717, 1.165) is 5.56 Å². The van der Waals surface area contributed by atoms with E-state index in [1.807, 2.05) is 6.92 Å². The van der Waals surface area contributed by atoms with Crippen molar-refractivity contribution in [2.24, 2.45) is 0 Å². The van der Waals surface area contributed by atoms with Crippen molar-refractivity contribution < 1.29 is 9.90 Å². The quantitative estimate of drug-likeness (QED) is 0.902. The van der Waals surface area contributed by atoms with E-state index in [2.05, 4.69) is 0 Å². The summed E-state index contributed by atoms with van der Waals surface area (Å²) in [7, 11) is 1.67. The van der Waals surface area contributed by atoms with E-state index in [1.54, 1.807) is 39.1 Å². The largest absolute Gasteiger partial charge is 0.389 e. The van der Waals surface area contributed by atoms with Crippen molar-refractivity contribution in [3.05, 3.63) is 34.3 Å². The van der Waals surface area contributed by atoms with Crippen LogP contribution in [0.1, 0.15) is 29.8 Å². The second-order valence-electron chi connectivity index (χ2n) is 4.89. The predicted molar refractivity (Wildman–Crippen MR) is 69.4 cm³/mol. The second-order valence-corrected chi connectivity index (χ2v) is 5.29. The summed E-state index contributed by atoms with van der Waals surface area (Å²) in [5.74, 6) is -0.132. The minimum absolute atomic E-state index is 0.132. The fourth-order valence-electron chi connectivity index (χ4n) is 1.70. The van der Waals surface area contributed by atoms with Crippen molar-refractivity contribution in [3.63, 3.8) is 0 Å². The fraction of sp³-hybridized carbons (Fsp3) is 0.462. The van der Waals surface area contributed by atoms with Crippen LogP contribution >= 0.6 is 11.6 Å². The summed E-state index contributed by atoms with van der Waals surface area (Å²) in [6.07, 6.45) is 0. The Labute approximate surface area is 107 Å². The van der Waals surface area contributed by atoms with E-state index in [0.29, 0.717) is 10.6 Å². The molecule has 0 heterocycles. The van der Waals surface area contributed by atoms with Crippen LogP contribution in [0.2, 0.25) is 5.02 Å². The lowest BCUT2D eigenvalue weighted by atomic mass is 10.1. The molecule has 1 aromatic carbocycles. The molecule has 0 aromatic heterocycles. The zero-order chi connectivity index (χ0) is 13.2. The van der Waals surface area contributed by atoms with Crippen LogP contribution in [0.5, 0.6) is 0 Å². The first-order valence-electron chi connectivity index (χ1n) is 5.45. The van der Waals surface area contributed by atoms with Crippen molar-refractivity contribution in [2.45, 2.75) is 26.4 Å². The van der Waals surface area contributed by atoms with Crippen LogP contribution in [0.25, 0.3) is 0 Å². The minimum atomic E-state index is -0.906. The summed E-state index contributed by atoms with van der Waals surface area (Å²) >= 11 is 5.98. The van der Waals surface area contributed by atoms with Crippen LogP contribution in [-0.2, 0) is 0 Å². The van der Waals surface area contributed by atoms with Gasteiger partial charge in [-0.15, -0.1) is 0 Å². The van der Waals surface area contributed by atoms with Crippen LogP contribution in [0.4, 0.5) is 0 Å². The topological polar surface area (TPSA) is 40.5 Å². The first-order valence-corrected chi connectivity index (χ1v) is 5.83. The lowest BCUT2D eigenvalue weighted by molar-refractivity contribution is 0.0367.